The van der Waals surface area contributed by atoms with Crippen molar-refractivity contribution in [2.45, 2.75) is 57.3 Å². The molecule has 2 N–H and O–H groups in total. The Morgan fingerprint density at radius 1 is 1.19 bits per heavy atom. The average Bonchev–Trinajstić information content (AvgIpc) is 3.37. The van der Waals surface area contributed by atoms with Gasteiger partial charge in [-0.2, -0.15) is 5.10 Å². The van der Waals surface area contributed by atoms with Gasteiger partial charge < -0.3 is 10.6 Å². The number of primary amides is 1. The molecule has 0 saturated heterocycles. The van der Waals surface area contributed by atoms with Crippen molar-refractivity contribution in [3.8, 4) is 11.3 Å². The minimum absolute atomic E-state index is 0.0274. The van der Waals surface area contributed by atoms with Crippen LogP contribution in [0, 0.1) is 11.2 Å². The fourth-order valence-corrected chi connectivity index (χ4v) is 5.74. The molecule has 0 unspecified atom stereocenters. The summed E-state index contributed by atoms with van der Waals surface area (Å²) in [5.41, 5.74) is 5.91. The Balaban J connectivity index is 1.42. The third kappa shape index (κ3) is 3.41. The van der Waals surface area contributed by atoms with Crippen LogP contribution in [0.3, 0.4) is 0 Å². The minimum Gasteiger partial charge on any atom is -0.365 e. The maximum absolute atomic E-state index is 14.6. The molecule has 1 aromatic carbocycles. The van der Waals surface area contributed by atoms with Crippen LogP contribution in [0.2, 0.25) is 5.02 Å². The fraction of sp³-hybridized carbons (Fsp3) is 0.500. The first-order valence-corrected chi connectivity index (χ1v) is 10.9. The maximum atomic E-state index is 14.6. The van der Waals surface area contributed by atoms with E-state index >= 15 is 0 Å². The zero-order valence-corrected chi connectivity index (χ0v) is 17.7. The highest BCUT2D eigenvalue weighted by Gasteiger charge is 2.55. The summed E-state index contributed by atoms with van der Waals surface area (Å²) < 4.78 is 29.8. The van der Waals surface area contributed by atoms with E-state index in [0.29, 0.717) is 55.7 Å². The van der Waals surface area contributed by atoms with Gasteiger partial charge in [-0.1, -0.05) is 11.6 Å². The van der Waals surface area contributed by atoms with E-state index in [1.807, 2.05) is 0 Å². The number of alkyl halides is 1. The summed E-state index contributed by atoms with van der Waals surface area (Å²) in [4.78, 5) is 27.1. The number of nitrogens with zero attached hydrogens (tertiary/aromatic N) is 3. The summed E-state index contributed by atoms with van der Waals surface area (Å²) in [7, 11) is 0. The van der Waals surface area contributed by atoms with E-state index in [4.69, 9.17) is 17.3 Å². The normalized spacial score (nSPS) is 26.9. The smallest absolute Gasteiger partial charge is 0.252 e. The Hall–Kier alpha value is -2.48. The highest BCUT2D eigenvalue weighted by atomic mass is 35.5. The summed E-state index contributed by atoms with van der Waals surface area (Å²) >= 11 is 5.90. The number of hydrogen-bond donors (Lipinski definition) is 1. The fourth-order valence-electron chi connectivity index (χ4n) is 5.56. The first kappa shape index (κ1) is 20.4. The van der Waals surface area contributed by atoms with Crippen LogP contribution in [0.1, 0.15) is 54.6 Å². The van der Waals surface area contributed by atoms with Gasteiger partial charge in [-0.05, 0) is 55.7 Å². The first-order valence-electron chi connectivity index (χ1n) is 10.5. The van der Waals surface area contributed by atoms with Crippen LogP contribution in [-0.4, -0.2) is 38.7 Å². The standard InChI is InChI=1S/C22H23ClF2N4O2/c23-14-9-13(1-2-15(14)24)19-18(20(26)31)16-11-28(7-8-29(16)27-19)17(30)10-21-3-5-22(25,12-21)6-4-21/h1-2,9H,3-8,10-12H2,(H2,26,31). The predicted molar refractivity (Wildman–Crippen MR) is 111 cm³/mol. The molecule has 2 amide bonds. The summed E-state index contributed by atoms with van der Waals surface area (Å²) in [6.07, 6.45) is 3.40. The van der Waals surface area contributed by atoms with Gasteiger partial charge in [-0.15, -0.1) is 0 Å². The van der Waals surface area contributed by atoms with Crippen LogP contribution in [0.5, 0.6) is 0 Å². The van der Waals surface area contributed by atoms with E-state index in [2.05, 4.69) is 5.10 Å². The van der Waals surface area contributed by atoms with Crippen molar-refractivity contribution in [1.82, 2.24) is 14.7 Å². The monoisotopic (exact) mass is 448 g/mol. The molecule has 2 heterocycles. The van der Waals surface area contributed by atoms with E-state index in [0.717, 1.165) is 12.8 Å². The lowest BCUT2D eigenvalue weighted by atomic mass is 9.80. The minimum atomic E-state index is -1.09. The van der Waals surface area contributed by atoms with Crippen molar-refractivity contribution in [3.05, 3.63) is 40.3 Å². The summed E-state index contributed by atoms with van der Waals surface area (Å²) in [6, 6.07) is 4.11. The Morgan fingerprint density at radius 2 is 1.94 bits per heavy atom. The maximum Gasteiger partial charge on any atom is 0.252 e. The van der Waals surface area contributed by atoms with Crippen molar-refractivity contribution >= 4 is 23.4 Å². The second-order valence-electron chi connectivity index (χ2n) is 9.21. The number of halogens is 3. The molecular weight excluding hydrogens is 426 g/mol. The molecule has 0 atom stereocenters. The molecule has 5 rings (SSSR count). The third-order valence-electron chi connectivity index (χ3n) is 7.20. The Labute approximate surface area is 183 Å². The van der Waals surface area contributed by atoms with E-state index in [1.54, 1.807) is 9.58 Å². The molecule has 164 valence electrons. The van der Waals surface area contributed by atoms with Crippen LogP contribution in [0.25, 0.3) is 11.3 Å². The van der Waals surface area contributed by atoms with Crippen LogP contribution in [-0.2, 0) is 17.9 Å². The number of fused-ring (bicyclic) bond motifs is 3. The Kier molecular flexibility index (Phi) is 4.62. The molecule has 1 aliphatic heterocycles. The SMILES string of the molecule is NC(=O)c1c(-c2ccc(F)c(Cl)c2)nn2c1CN(C(=O)CC13CCC(F)(CC1)C3)CC2. The molecule has 6 nitrogen and oxygen atoms in total. The van der Waals surface area contributed by atoms with E-state index < -0.39 is 17.4 Å². The second kappa shape index (κ2) is 7.02. The number of carbonyl (C=O) groups is 2. The lowest BCUT2D eigenvalue weighted by Gasteiger charge is -2.32. The van der Waals surface area contributed by atoms with Gasteiger partial charge in [-0.3, -0.25) is 14.3 Å². The van der Waals surface area contributed by atoms with Gasteiger partial charge in [0, 0.05) is 18.5 Å². The van der Waals surface area contributed by atoms with Crippen molar-refractivity contribution in [1.29, 1.82) is 0 Å². The van der Waals surface area contributed by atoms with Crippen LogP contribution in [0.4, 0.5) is 8.78 Å². The zero-order chi connectivity index (χ0) is 22.0. The summed E-state index contributed by atoms with van der Waals surface area (Å²) in [5.74, 6) is -1.26. The van der Waals surface area contributed by atoms with Gasteiger partial charge in [0.15, 0.2) is 0 Å². The molecule has 2 aliphatic carbocycles. The number of amides is 2. The molecular formula is C22H23ClF2N4O2. The molecule has 0 radical (unpaired) electrons. The van der Waals surface area contributed by atoms with Crippen molar-refractivity contribution in [2.75, 3.05) is 6.54 Å². The molecule has 3 aliphatic rings. The highest BCUT2D eigenvalue weighted by molar-refractivity contribution is 6.31. The summed E-state index contributed by atoms with van der Waals surface area (Å²) in [5, 5.41) is 4.43. The quantitative estimate of drug-likeness (QED) is 0.771. The van der Waals surface area contributed by atoms with Gasteiger partial charge >= 0.3 is 0 Å². The molecule has 0 spiro atoms. The van der Waals surface area contributed by atoms with E-state index in [-0.39, 0.29) is 28.5 Å². The Morgan fingerprint density at radius 3 is 2.55 bits per heavy atom. The van der Waals surface area contributed by atoms with Gasteiger partial charge in [0.1, 0.15) is 17.2 Å². The first-order chi connectivity index (χ1) is 14.7. The van der Waals surface area contributed by atoms with Gasteiger partial charge in [0.2, 0.25) is 5.91 Å². The van der Waals surface area contributed by atoms with Crippen LogP contribution in [0.15, 0.2) is 18.2 Å². The highest BCUT2D eigenvalue weighted by Crippen LogP contribution is 2.60. The van der Waals surface area contributed by atoms with Crippen molar-refractivity contribution in [2.24, 2.45) is 11.1 Å². The van der Waals surface area contributed by atoms with Gasteiger partial charge in [0.25, 0.3) is 5.91 Å². The molecule has 2 bridgehead atoms. The predicted octanol–water partition coefficient (Wildman–Crippen LogP) is 3.85. The van der Waals surface area contributed by atoms with Crippen molar-refractivity contribution < 1.29 is 18.4 Å². The summed E-state index contributed by atoms with van der Waals surface area (Å²) in [6.45, 7) is 1.07. The molecule has 9 heteroatoms. The van der Waals surface area contributed by atoms with Crippen LogP contribution >= 0.6 is 11.6 Å². The lowest BCUT2D eigenvalue weighted by molar-refractivity contribution is -0.135. The zero-order valence-electron chi connectivity index (χ0n) is 17.0. The van der Waals surface area contributed by atoms with Crippen molar-refractivity contribution in [3.63, 3.8) is 0 Å². The third-order valence-corrected chi connectivity index (χ3v) is 7.49. The van der Waals surface area contributed by atoms with E-state index in [9.17, 15) is 18.4 Å². The molecule has 2 fully saturated rings. The van der Waals surface area contributed by atoms with Gasteiger partial charge in [0.05, 0.1) is 29.4 Å². The number of carbonyl (C=O) groups excluding carboxylic acids is 2. The van der Waals surface area contributed by atoms with Gasteiger partial charge in [-0.25, -0.2) is 8.78 Å². The number of hydrogen-bond acceptors (Lipinski definition) is 3. The Bertz CT molecular complexity index is 1090. The average molecular weight is 449 g/mol. The number of rotatable bonds is 4. The molecule has 2 aromatic rings. The molecule has 31 heavy (non-hydrogen) atoms. The number of benzene rings is 1. The van der Waals surface area contributed by atoms with Crippen LogP contribution < -0.4 is 5.73 Å². The molecule has 2 saturated carbocycles. The number of aromatic nitrogens is 2. The topological polar surface area (TPSA) is 81.2 Å². The molecule has 1 aromatic heterocycles. The lowest BCUT2D eigenvalue weighted by Crippen LogP contribution is -2.41. The largest absolute Gasteiger partial charge is 0.365 e. The second-order valence-corrected chi connectivity index (χ2v) is 9.61. The van der Waals surface area contributed by atoms with E-state index in [1.165, 1.54) is 18.2 Å². The number of nitrogens with two attached hydrogens (primary N) is 1.